The van der Waals surface area contributed by atoms with Crippen LogP contribution in [0.3, 0.4) is 0 Å². The molecule has 0 atom stereocenters. The maximum absolute atomic E-state index is 12.1. The Hall–Kier alpha value is -1.08. The van der Waals surface area contributed by atoms with E-state index in [-0.39, 0.29) is 0 Å². The molecule has 0 aliphatic carbocycles. The SMILES string of the molecule is [O]C(=O)OCCCC(F)(F)C(F)(F)F. The van der Waals surface area contributed by atoms with Crippen LogP contribution in [0, 0.1) is 0 Å². The zero-order valence-corrected chi connectivity index (χ0v) is 6.74. The molecule has 0 saturated heterocycles. The number of carbonyl (C=O) groups is 1. The number of rotatable bonds is 4. The van der Waals surface area contributed by atoms with Gasteiger partial charge in [-0.25, -0.2) is 0 Å². The molecule has 83 valence electrons. The summed E-state index contributed by atoms with van der Waals surface area (Å²) in [6.45, 7) is -0.742. The summed E-state index contributed by atoms with van der Waals surface area (Å²) in [4.78, 5) is 9.58. The van der Waals surface area contributed by atoms with E-state index in [9.17, 15) is 31.9 Å². The highest BCUT2D eigenvalue weighted by Gasteiger charge is 2.56. The topological polar surface area (TPSA) is 46.2 Å². The van der Waals surface area contributed by atoms with Gasteiger partial charge in [0.25, 0.3) is 0 Å². The van der Waals surface area contributed by atoms with E-state index in [1.807, 2.05) is 0 Å². The van der Waals surface area contributed by atoms with E-state index >= 15 is 0 Å². The summed E-state index contributed by atoms with van der Waals surface area (Å²) in [5, 5.41) is 9.58. The summed E-state index contributed by atoms with van der Waals surface area (Å²) in [7, 11) is 0. The normalized spacial score (nSPS) is 12.6. The van der Waals surface area contributed by atoms with Gasteiger partial charge < -0.3 is 4.74 Å². The Kier molecular flexibility index (Phi) is 4.08. The number of hydrogen-bond acceptors (Lipinski definition) is 2. The van der Waals surface area contributed by atoms with Gasteiger partial charge in [0.2, 0.25) is 0 Å². The van der Waals surface area contributed by atoms with Crippen LogP contribution in [0.25, 0.3) is 0 Å². The second-order valence-electron chi connectivity index (χ2n) is 2.40. The second kappa shape index (κ2) is 4.43. The van der Waals surface area contributed by atoms with Crippen LogP contribution in [-0.4, -0.2) is 24.9 Å². The van der Waals surface area contributed by atoms with Crippen LogP contribution in [0.4, 0.5) is 26.7 Å². The minimum Gasteiger partial charge on any atom is -0.432 e. The standard InChI is InChI=1S/C6H6F5O3/c7-5(8,6(9,10)11)2-1-3-14-4(12)13/h1-3H2. The maximum Gasteiger partial charge on any atom is 0.549 e. The van der Waals surface area contributed by atoms with Crippen LogP contribution >= 0.6 is 0 Å². The molecule has 0 aliphatic heterocycles. The van der Waals surface area contributed by atoms with Crippen molar-refractivity contribution in [1.82, 2.24) is 0 Å². The largest absolute Gasteiger partial charge is 0.549 e. The van der Waals surface area contributed by atoms with E-state index in [0.29, 0.717) is 0 Å². The molecule has 0 aliphatic rings. The zero-order valence-electron chi connectivity index (χ0n) is 6.74. The lowest BCUT2D eigenvalue weighted by atomic mass is 10.2. The molecule has 0 amide bonds. The molecule has 1 radical (unpaired) electrons. The van der Waals surface area contributed by atoms with Crippen molar-refractivity contribution in [1.29, 1.82) is 0 Å². The average molecular weight is 221 g/mol. The van der Waals surface area contributed by atoms with Gasteiger partial charge in [-0.2, -0.15) is 31.9 Å². The zero-order chi connectivity index (χ0) is 11.4. The van der Waals surface area contributed by atoms with E-state index in [0.717, 1.165) is 0 Å². The first-order chi connectivity index (χ1) is 6.17. The molecule has 0 heterocycles. The molecule has 8 heteroatoms. The van der Waals surface area contributed by atoms with Crippen LogP contribution in [0.1, 0.15) is 12.8 Å². The summed E-state index contributed by atoms with van der Waals surface area (Å²) in [5.41, 5.74) is 0. The van der Waals surface area contributed by atoms with Gasteiger partial charge in [-0.3, -0.25) is 0 Å². The molecule has 0 bridgehead atoms. The highest BCUT2D eigenvalue weighted by atomic mass is 19.4. The van der Waals surface area contributed by atoms with Crippen LogP contribution in [-0.2, 0) is 9.84 Å². The van der Waals surface area contributed by atoms with Crippen LogP contribution < -0.4 is 0 Å². The number of ether oxygens (including phenoxy) is 1. The number of carbonyl (C=O) groups excluding carboxylic acids is 1. The Labute approximate surface area is 75.5 Å². The third-order valence-electron chi connectivity index (χ3n) is 1.27. The summed E-state index contributed by atoms with van der Waals surface area (Å²) in [6.07, 6.45) is -9.81. The summed E-state index contributed by atoms with van der Waals surface area (Å²) in [6, 6.07) is 0. The Morgan fingerprint density at radius 3 is 2.00 bits per heavy atom. The van der Waals surface area contributed by atoms with Gasteiger partial charge in [0, 0.05) is 6.42 Å². The van der Waals surface area contributed by atoms with E-state index < -0.39 is 37.7 Å². The van der Waals surface area contributed by atoms with E-state index in [1.165, 1.54) is 0 Å². The fourth-order valence-electron chi connectivity index (χ4n) is 0.591. The third-order valence-corrected chi connectivity index (χ3v) is 1.27. The Bertz CT molecular complexity index is 200. The molecule has 0 aromatic heterocycles. The first kappa shape index (κ1) is 12.9. The number of halogens is 5. The molecule has 0 fully saturated rings. The monoisotopic (exact) mass is 221 g/mol. The number of alkyl halides is 5. The molecule has 0 aromatic carbocycles. The van der Waals surface area contributed by atoms with Crippen LogP contribution in [0.2, 0.25) is 0 Å². The Morgan fingerprint density at radius 2 is 1.64 bits per heavy atom. The summed E-state index contributed by atoms with van der Waals surface area (Å²) in [5.74, 6) is -4.82. The fourth-order valence-corrected chi connectivity index (χ4v) is 0.591. The predicted molar refractivity (Wildman–Crippen MR) is 32.3 cm³/mol. The number of hydrogen-bond donors (Lipinski definition) is 0. The van der Waals surface area contributed by atoms with Crippen molar-refractivity contribution in [3.05, 3.63) is 0 Å². The second-order valence-corrected chi connectivity index (χ2v) is 2.40. The maximum atomic E-state index is 12.1. The minimum absolute atomic E-state index is 0.722. The lowest BCUT2D eigenvalue weighted by molar-refractivity contribution is -0.284. The Balaban J connectivity index is 3.83. The van der Waals surface area contributed by atoms with E-state index in [1.54, 1.807) is 0 Å². The molecule has 0 rings (SSSR count). The smallest absolute Gasteiger partial charge is 0.432 e. The molecule has 0 N–H and O–H groups in total. The fraction of sp³-hybridized carbons (Fsp3) is 0.833. The molecule has 14 heavy (non-hydrogen) atoms. The van der Waals surface area contributed by atoms with Crippen LogP contribution in [0.15, 0.2) is 0 Å². The molecular formula is C6H6F5O3. The van der Waals surface area contributed by atoms with Gasteiger partial charge in [0.1, 0.15) is 0 Å². The Morgan fingerprint density at radius 1 is 1.14 bits per heavy atom. The van der Waals surface area contributed by atoms with E-state index in [4.69, 9.17) is 0 Å². The van der Waals surface area contributed by atoms with Crippen molar-refractivity contribution in [2.45, 2.75) is 24.9 Å². The van der Waals surface area contributed by atoms with Crippen LogP contribution in [0.5, 0.6) is 0 Å². The molecule has 0 aromatic rings. The lowest BCUT2D eigenvalue weighted by Crippen LogP contribution is -2.36. The molecule has 0 saturated carbocycles. The minimum atomic E-state index is -5.62. The van der Waals surface area contributed by atoms with Crippen molar-refractivity contribution in [3.63, 3.8) is 0 Å². The van der Waals surface area contributed by atoms with Gasteiger partial charge >= 0.3 is 18.3 Å². The van der Waals surface area contributed by atoms with Crippen molar-refractivity contribution in [3.8, 4) is 0 Å². The third kappa shape index (κ3) is 4.24. The van der Waals surface area contributed by atoms with Crippen molar-refractivity contribution in [2.75, 3.05) is 6.61 Å². The molecular weight excluding hydrogens is 215 g/mol. The van der Waals surface area contributed by atoms with Gasteiger partial charge in [0.15, 0.2) is 0 Å². The lowest BCUT2D eigenvalue weighted by Gasteiger charge is -2.18. The van der Waals surface area contributed by atoms with Gasteiger partial charge in [-0.15, -0.1) is 0 Å². The highest BCUT2D eigenvalue weighted by Crippen LogP contribution is 2.38. The predicted octanol–water partition coefficient (Wildman–Crippen LogP) is 2.53. The molecule has 0 spiro atoms. The molecule has 3 nitrogen and oxygen atoms in total. The highest BCUT2D eigenvalue weighted by molar-refractivity contribution is 5.56. The quantitative estimate of drug-likeness (QED) is 0.416. The van der Waals surface area contributed by atoms with Gasteiger partial charge in [0.05, 0.1) is 6.61 Å². The van der Waals surface area contributed by atoms with Crippen molar-refractivity contribution in [2.24, 2.45) is 0 Å². The van der Waals surface area contributed by atoms with Crippen molar-refractivity contribution < 1.29 is 36.6 Å². The van der Waals surface area contributed by atoms with Gasteiger partial charge in [-0.1, -0.05) is 0 Å². The van der Waals surface area contributed by atoms with Gasteiger partial charge in [-0.05, 0) is 6.42 Å². The van der Waals surface area contributed by atoms with E-state index in [2.05, 4.69) is 4.74 Å². The molecule has 0 unspecified atom stereocenters. The first-order valence-electron chi connectivity index (χ1n) is 3.45. The summed E-state index contributed by atoms with van der Waals surface area (Å²) >= 11 is 0. The summed E-state index contributed by atoms with van der Waals surface area (Å²) < 4.78 is 62.4. The first-order valence-corrected chi connectivity index (χ1v) is 3.45. The van der Waals surface area contributed by atoms with Crippen molar-refractivity contribution >= 4 is 6.16 Å². The average Bonchev–Trinajstić information content (AvgIpc) is 1.95.